The van der Waals surface area contributed by atoms with Crippen molar-refractivity contribution in [1.29, 1.82) is 0 Å². The molecule has 0 aromatic carbocycles. The molecule has 0 radical (unpaired) electrons. The molecule has 36 heavy (non-hydrogen) atoms. The van der Waals surface area contributed by atoms with Crippen molar-refractivity contribution in [2.75, 3.05) is 37.4 Å². The van der Waals surface area contributed by atoms with Gasteiger partial charge in [-0.15, -0.1) is 0 Å². The van der Waals surface area contributed by atoms with E-state index in [4.69, 9.17) is 14.5 Å². The first kappa shape index (κ1) is 25.9. The molecule has 0 saturated carbocycles. The Morgan fingerprint density at radius 1 is 1.25 bits per heavy atom. The van der Waals surface area contributed by atoms with Gasteiger partial charge in [-0.2, -0.15) is 0 Å². The van der Waals surface area contributed by atoms with Gasteiger partial charge >= 0.3 is 5.97 Å². The molecule has 2 atom stereocenters. The number of nitrogens with zero attached hydrogens (tertiary/aromatic N) is 3. The van der Waals surface area contributed by atoms with Crippen molar-refractivity contribution < 1.29 is 23.9 Å². The molecule has 2 amide bonds. The number of aromatic nitrogens is 2. The number of likely N-dealkylation sites (tertiary alicyclic amines) is 1. The van der Waals surface area contributed by atoms with E-state index in [-0.39, 0.29) is 35.6 Å². The number of hydrogen-bond donors (Lipinski definition) is 2. The van der Waals surface area contributed by atoms with Gasteiger partial charge in [-0.25, -0.2) is 9.78 Å². The minimum Gasteiger partial charge on any atom is -0.464 e. The number of carbonyl (C=O) groups is 3. The van der Waals surface area contributed by atoms with Crippen LogP contribution in [0.5, 0.6) is 0 Å². The minimum atomic E-state index is -0.531. The summed E-state index contributed by atoms with van der Waals surface area (Å²) in [5, 5.41) is 7.21. The van der Waals surface area contributed by atoms with Crippen molar-refractivity contribution in [3.8, 4) is 0 Å². The van der Waals surface area contributed by atoms with Gasteiger partial charge in [0.2, 0.25) is 11.8 Å². The number of piperidine rings is 1. The number of ether oxygens (including phenoxy) is 2. The second-order valence-electron chi connectivity index (χ2n) is 9.78. The van der Waals surface area contributed by atoms with Crippen LogP contribution in [0.2, 0.25) is 0 Å². The van der Waals surface area contributed by atoms with Crippen LogP contribution in [0, 0.1) is 5.92 Å². The van der Waals surface area contributed by atoms with E-state index in [2.05, 4.69) is 10.6 Å². The van der Waals surface area contributed by atoms with Crippen molar-refractivity contribution in [1.82, 2.24) is 14.5 Å². The predicted octanol–water partition coefficient (Wildman–Crippen LogP) is 3.41. The zero-order valence-electron chi connectivity index (χ0n) is 21.6. The number of methoxy groups -OCH3 is 1. The highest BCUT2D eigenvalue weighted by atomic mass is 16.5. The maximum atomic E-state index is 13.0. The first-order valence-corrected chi connectivity index (χ1v) is 12.9. The summed E-state index contributed by atoms with van der Waals surface area (Å²) in [5.74, 6) is -0.806. The fraction of sp³-hybridized carbons (Fsp3) is 0.615. The van der Waals surface area contributed by atoms with Gasteiger partial charge in [0.25, 0.3) is 0 Å². The molecule has 2 aliphatic rings. The highest BCUT2D eigenvalue weighted by Crippen LogP contribution is 2.34. The zero-order valence-corrected chi connectivity index (χ0v) is 21.6. The molecule has 0 unspecified atom stereocenters. The van der Waals surface area contributed by atoms with E-state index in [9.17, 15) is 14.4 Å². The predicted molar refractivity (Wildman–Crippen MR) is 137 cm³/mol. The van der Waals surface area contributed by atoms with Crippen LogP contribution in [0.1, 0.15) is 63.4 Å². The van der Waals surface area contributed by atoms with Crippen LogP contribution in [0.4, 0.5) is 11.4 Å². The van der Waals surface area contributed by atoms with Crippen LogP contribution in [-0.4, -0.2) is 71.2 Å². The lowest BCUT2D eigenvalue weighted by Crippen LogP contribution is -2.41. The monoisotopic (exact) mass is 499 g/mol. The fourth-order valence-electron chi connectivity index (χ4n) is 4.92. The molecule has 0 bridgehead atoms. The number of hydrogen-bond acceptors (Lipinski definition) is 7. The first-order chi connectivity index (χ1) is 17.3. The third-order valence-corrected chi connectivity index (χ3v) is 7.31. The van der Waals surface area contributed by atoms with Gasteiger partial charge in [-0.1, -0.05) is 13.8 Å². The SMILES string of the molecule is CC[C@H](C)C(=O)Nc1c(C(=O)OC)n(C[C@@H]2CCCO2)c2ncc(NC3CCN(C(C)=O)CC3)cc12. The van der Waals surface area contributed by atoms with E-state index in [1.807, 2.05) is 29.4 Å². The molecule has 2 aliphatic heterocycles. The Balaban J connectivity index is 1.71. The number of anilines is 2. The molecule has 0 spiro atoms. The molecule has 4 rings (SSSR count). The largest absolute Gasteiger partial charge is 0.464 e. The van der Waals surface area contributed by atoms with Gasteiger partial charge in [0.05, 0.1) is 37.3 Å². The van der Waals surface area contributed by atoms with E-state index in [1.165, 1.54) is 7.11 Å². The fourth-order valence-corrected chi connectivity index (χ4v) is 4.92. The van der Waals surface area contributed by atoms with Crippen molar-refractivity contribution in [2.45, 2.75) is 71.6 Å². The molecule has 0 aliphatic carbocycles. The van der Waals surface area contributed by atoms with Crippen LogP contribution < -0.4 is 10.6 Å². The number of nitrogens with one attached hydrogen (secondary N) is 2. The molecular weight excluding hydrogens is 462 g/mol. The third-order valence-electron chi connectivity index (χ3n) is 7.31. The average Bonchev–Trinajstić information content (AvgIpc) is 3.50. The Hall–Kier alpha value is -3.14. The normalized spacial score (nSPS) is 19.3. The molecular formula is C26H37N5O5. The Morgan fingerprint density at radius 2 is 2.00 bits per heavy atom. The number of carbonyl (C=O) groups excluding carboxylic acids is 3. The summed E-state index contributed by atoms with van der Waals surface area (Å²) in [4.78, 5) is 44.2. The Bertz CT molecular complexity index is 1120. The second-order valence-corrected chi connectivity index (χ2v) is 9.78. The van der Waals surface area contributed by atoms with Crippen molar-refractivity contribution in [2.24, 2.45) is 5.92 Å². The van der Waals surface area contributed by atoms with Gasteiger partial charge in [0.1, 0.15) is 5.65 Å². The number of amides is 2. The summed E-state index contributed by atoms with van der Waals surface area (Å²) >= 11 is 0. The van der Waals surface area contributed by atoms with E-state index in [1.54, 1.807) is 13.1 Å². The van der Waals surface area contributed by atoms with Crippen LogP contribution in [0.3, 0.4) is 0 Å². The van der Waals surface area contributed by atoms with Crippen LogP contribution in [-0.2, 0) is 25.6 Å². The van der Waals surface area contributed by atoms with Gasteiger partial charge < -0.3 is 29.6 Å². The Kier molecular flexibility index (Phi) is 8.13. The maximum Gasteiger partial charge on any atom is 0.356 e. The molecule has 2 saturated heterocycles. The third kappa shape index (κ3) is 5.48. The van der Waals surface area contributed by atoms with Crippen molar-refractivity contribution in [3.63, 3.8) is 0 Å². The molecule has 10 nitrogen and oxygen atoms in total. The summed E-state index contributed by atoms with van der Waals surface area (Å²) in [6.45, 7) is 7.97. The highest BCUT2D eigenvalue weighted by Gasteiger charge is 2.30. The summed E-state index contributed by atoms with van der Waals surface area (Å²) in [6.07, 6.45) is 5.94. The lowest BCUT2D eigenvalue weighted by Gasteiger charge is -2.32. The highest BCUT2D eigenvalue weighted by molar-refractivity contribution is 6.11. The van der Waals surface area contributed by atoms with E-state index in [0.717, 1.165) is 31.4 Å². The molecule has 2 aromatic heterocycles. The van der Waals surface area contributed by atoms with E-state index in [0.29, 0.717) is 49.4 Å². The lowest BCUT2D eigenvalue weighted by molar-refractivity contribution is -0.129. The Labute approximate surface area is 211 Å². The molecule has 2 N–H and O–H groups in total. The number of pyridine rings is 1. The quantitative estimate of drug-likeness (QED) is 0.535. The van der Waals surface area contributed by atoms with E-state index >= 15 is 0 Å². The minimum absolute atomic E-state index is 0.0341. The average molecular weight is 500 g/mol. The van der Waals surface area contributed by atoms with Crippen molar-refractivity contribution >= 4 is 40.2 Å². The summed E-state index contributed by atoms with van der Waals surface area (Å²) < 4.78 is 12.8. The first-order valence-electron chi connectivity index (χ1n) is 12.9. The van der Waals surface area contributed by atoms with Crippen LogP contribution in [0.25, 0.3) is 11.0 Å². The zero-order chi connectivity index (χ0) is 25.8. The topological polar surface area (TPSA) is 115 Å². The number of fused-ring (bicyclic) bond motifs is 1. The summed E-state index contributed by atoms with van der Waals surface area (Å²) in [7, 11) is 1.34. The van der Waals surface area contributed by atoms with Crippen molar-refractivity contribution in [3.05, 3.63) is 18.0 Å². The summed E-state index contributed by atoms with van der Waals surface area (Å²) in [6, 6.07) is 2.14. The summed E-state index contributed by atoms with van der Waals surface area (Å²) in [5.41, 5.74) is 2.09. The maximum absolute atomic E-state index is 13.0. The van der Waals surface area contributed by atoms with Crippen LogP contribution >= 0.6 is 0 Å². The van der Waals surface area contributed by atoms with Gasteiger partial charge in [0, 0.05) is 44.0 Å². The lowest BCUT2D eigenvalue weighted by atomic mass is 10.0. The smallest absolute Gasteiger partial charge is 0.356 e. The van der Waals surface area contributed by atoms with Crippen LogP contribution in [0.15, 0.2) is 12.3 Å². The number of esters is 1. The molecule has 196 valence electrons. The molecule has 2 fully saturated rings. The van der Waals surface area contributed by atoms with Gasteiger partial charge in [-0.05, 0) is 38.2 Å². The molecule has 2 aromatic rings. The second kappa shape index (κ2) is 11.3. The Morgan fingerprint density at radius 3 is 2.61 bits per heavy atom. The molecule has 10 heteroatoms. The van der Waals surface area contributed by atoms with Gasteiger partial charge in [0.15, 0.2) is 5.69 Å². The molecule has 4 heterocycles. The van der Waals surface area contributed by atoms with Gasteiger partial charge in [-0.3, -0.25) is 9.59 Å². The number of rotatable bonds is 8. The van der Waals surface area contributed by atoms with E-state index < -0.39 is 5.97 Å². The standard InChI is InChI=1S/C26H37N5O5/c1-5-16(2)25(33)29-22-21-13-19(28-18-8-10-30(11-9-18)17(3)32)14-27-24(21)31(23(22)26(34)35-4)15-20-7-6-12-36-20/h13-14,16,18,20,28H,5-12,15H2,1-4H3,(H,29,33)/t16-,20-/m0/s1.